The molecule has 0 aliphatic rings. The Morgan fingerprint density at radius 3 is 1.50 bits per heavy atom. The number of aromatic hydroxyl groups is 1. The van der Waals surface area contributed by atoms with Gasteiger partial charge in [-0.15, -0.1) is 22.7 Å². The van der Waals surface area contributed by atoms with Crippen molar-refractivity contribution in [3.8, 4) is 23.0 Å². The van der Waals surface area contributed by atoms with E-state index < -0.39 is 23.2 Å². The predicted molar refractivity (Wildman–Crippen MR) is 273 cm³/mol. The highest BCUT2D eigenvalue weighted by molar-refractivity contribution is 7.19. The summed E-state index contributed by atoms with van der Waals surface area (Å²) in [4.78, 5) is 53.5. The van der Waals surface area contributed by atoms with Crippen LogP contribution in [0.15, 0.2) is 131 Å². The summed E-state index contributed by atoms with van der Waals surface area (Å²) >= 11 is 2.79. The Labute approximate surface area is 404 Å². The van der Waals surface area contributed by atoms with Crippen LogP contribution in [0.1, 0.15) is 94.3 Å². The quantitative estimate of drug-likeness (QED) is 0.0665. The van der Waals surface area contributed by atoms with Crippen molar-refractivity contribution in [2.75, 3.05) is 27.4 Å². The van der Waals surface area contributed by atoms with Gasteiger partial charge in [0.25, 0.3) is 11.1 Å². The first-order valence-corrected chi connectivity index (χ1v) is 23.1. The molecule has 4 aromatic heterocycles. The monoisotopic (exact) mass is 958 g/mol. The number of ether oxygens (including phenoxy) is 4. The summed E-state index contributed by atoms with van der Waals surface area (Å²) in [5.74, 6) is -1.08. The smallest absolute Gasteiger partial charge is 0.343 e. The summed E-state index contributed by atoms with van der Waals surface area (Å²) < 4.78 is 26.0. The molecule has 0 aliphatic heterocycles. The van der Waals surface area contributed by atoms with Gasteiger partial charge in [0.05, 0.1) is 61.0 Å². The van der Waals surface area contributed by atoms with Gasteiger partial charge in [-0.3, -0.25) is 18.7 Å². The highest BCUT2D eigenvalue weighted by Crippen LogP contribution is 2.36. The first-order chi connectivity index (χ1) is 32.0. The minimum Gasteiger partial charge on any atom is -0.502 e. The molecule has 356 valence electrons. The average Bonchev–Trinajstić information content (AvgIpc) is 3.94. The molecule has 0 spiro atoms. The van der Waals surface area contributed by atoms with E-state index in [1.165, 1.54) is 27.2 Å². The van der Waals surface area contributed by atoms with E-state index in [1.54, 1.807) is 37.8 Å². The van der Waals surface area contributed by atoms with Crippen molar-refractivity contribution in [1.29, 1.82) is 0 Å². The summed E-state index contributed by atoms with van der Waals surface area (Å²) in [6.07, 6.45) is 3.00. The number of fused-ring (bicyclic) bond motifs is 2. The molecule has 0 amide bonds. The molecule has 4 aromatic carbocycles. The third kappa shape index (κ3) is 11.9. The zero-order chi connectivity index (χ0) is 46.7. The van der Waals surface area contributed by atoms with Gasteiger partial charge in [-0.05, 0) is 72.0 Å². The van der Waals surface area contributed by atoms with E-state index in [9.17, 15) is 29.4 Å². The molecule has 0 saturated heterocycles. The Morgan fingerprint density at radius 2 is 1.07 bits per heavy atom. The lowest BCUT2D eigenvalue weighted by molar-refractivity contribution is 0.0523. The fraction of sp³-hybridized carbons (Fsp3) is 0.259. The molecular formula is C54H58N2O10S2. The number of aromatic nitrogens is 2. The number of rotatable bonds is 17. The number of carboxylic acids is 1. The van der Waals surface area contributed by atoms with E-state index >= 15 is 0 Å². The topological polar surface area (TPSA) is 156 Å². The van der Waals surface area contributed by atoms with E-state index in [1.807, 2.05) is 97.1 Å². The number of aromatic carboxylic acids is 1. The predicted octanol–water partition coefficient (Wildman–Crippen LogP) is 11.5. The molecule has 2 N–H and O–H groups in total. The minimum atomic E-state index is -1.32. The normalized spacial score (nSPS) is 10.6. The number of carboxylic acid groups (broad SMARTS) is 1. The summed E-state index contributed by atoms with van der Waals surface area (Å²) in [6, 6.07) is 38.6. The Balaban J connectivity index is 0.000000250. The van der Waals surface area contributed by atoms with Crippen LogP contribution >= 0.6 is 22.7 Å². The number of carbonyl (C=O) groups is 2. The molecule has 68 heavy (non-hydrogen) atoms. The maximum atomic E-state index is 13.8. The van der Waals surface area contributed by atoms with Crippen molar-refractivity contribution in [2.24, 2.45) is 0 Å². The highest BCUT2D eigenvalue weighted by atomic mass is 32.1. The van der Waals surface area contributed by atoms with Crippen molar-refractivity contribution in [3.63, 3.8) is 0 Å². The first-order valence-electron chi connectivity index (χ1n) is 21.5. The number of benzene rings is 4. The summed E-state index contributed by atoms with van der Waals surface area (Å²) in [5, 5.41) is 20.0. The summed E-state index contributed by atoms with van der Waals surface area (Å²) in [7, 11) is 3.20. The summed E-state index contributed by atoms with van der Waals surface area (Å²) in [6.45, 7) is 4.92. The minimum absolute atomic E-state index is 0. The molecule has 0 bridgehead atoms. The van der Waals surface area contributed by atoms with Crippen LogP contribution in [0.3, 0.4) is 0 Å². The SMILES string of the molecule is C.C.CCCCOc1c(C(=O)OCC)c2sc(Cc3ccccc3)cc2n(Cc2ccc(OC)cc2)c1=O.COc1ccc(Cn2c(=O)c(O)c(C(=O)O)c3sc(Cc4ccccc4)cc32)cc1. The molecular weight excluding hydrogens is 901 g/mol. The molecule has 14 heteroatoms. The van der Waals surface area contributed by atoms with Crippen molar-refractivity contribution >= 4 is 55.0 Å². The van der Waals surface area contributed by atoms with E-state index in [-0.39, 0.29) is 50.4 Å². The van der Waals surface area contributed by atoms with Gasteiger partial charge < -0.3 is 29.2 Å². The molecule has 8 rings (SSSR count). The van der Waals surface area contributed by atoms with Crippen molar-refractivity contribution in [3.05, 3.63) is 185 Å². The van der Waals surface area contributed by atoms with Crippen LogP contribution in [-0.2, 0) is 30.7 Å². The number of hydrogen-bond acceptors (Lipinski definition) is 11. The number of thiophene rings is 2. The third-order valence-corrected chi connectivity index (χ3v) is 13.1. The second-order valence-electron chi connectivity index (χ2n) is 15.3. The number of carbonyl (C=O) groups excluding carboxylic acids is 1. The van der Waals surface area contributed by atoms with Crippen molar-refractivity contribution in [2.45, 2.75) is 67.5 Å². The standard InChI is InChI=1S/C29H31NO5S.C23H19NO5S.2CH4/c1-4-6-16-35-26-25(29(32)34-5-2)27-24(18-23(36-27)17-20-10-8-7-9-11-20)30(28(26)31)19-21-12-14-22(33-3)15-13-21;1-29-16-9-7-15(8-10-16)13-24-18-12-17(11-14-5-3-2-4-6-14)30-21(18)19(23(27)28)20(25)22(24)26;;/h7-15,18H,4-6,16-17,19H2,1-3H3;2-10,12,25H,11,13H2,1H3,(H,27,28);2*1H4. The van der Waals surface area contributed by atoms with E-state index in [0.29, 0.717) is 52.2 Å². The van der Waals surface area contributed by atoms with Gasteiger partial charge in [-0.2, -0.15) is 0 Å². The maximum absolute atomic E-state index is 13.8. The van der Waals surface area contributed by atoms with Crippen LogP contribution < -0.4 is 25.3 Å². The number of methoxy groups -OCH3 is 2. The average molecular weight is 959 g/mol. The van der Waals surface area contributed by atoms with Crippen LogP contribution in [0, 0.1) is 0 Å². The van der Waals surface area contributed by atoms with Gasteiger partial charge in [0, 0.05) is 22.6 Å². The number of hydrogen-bond donors (Lipinski definition) is 2. The second kappa shape index (κ2) is 24.0. The largest absolute Gasteiger partial charge is 0.502 e. The fourth-order valence-electron chi connectivity index (χ4n) is 7.46. The Kier molecular flexibility index (Phi) is 18.3. The zero-order valence-corrected chi connectivity index (χ0v) is 38.7. The molecule has 0 fully saturated rings. The van der Waals surface area contributed by atoms with Gasteiger partial charge in [-0.1, -0.05) is 113 Å². The number of unbranched alkanes of at least 4 members (excludes halogenated alkanes) is 1. The lowest BCUT2D eigenvalue weighted by Crippen LogP contribution is -2.26. The molecule has 0 radical (unpaired) electrons. The van der Waals surface area contributed by atoms with Gasteiger partial charge in [0.1, 0.15) is 22.6 Å². The van der Waals surface area contributed by atoms with E-state index in [2.05, 4.69) is 19.1 Å². The van der Waals surface area contributed by atoms with Crippen molar-refractivity contribution in [1.82, 2.24) is 9.13 Å². The molecule has 12 nitrogen and oxygen atoms in total. The molecule has 0 aliphatic carbocycles. The van der Waals surface area contributed by atoms with Crippen LogP contribution in [0.5, 0.6) is 23.0 Å². The lowest BCUT2D eigenvalue weighted by atomic mass is 10.1. The fourth-order valence-corrected chi connectivity index (χ4v) is 9.92. The lowest BCUT2D eigenvalue weighted by Gasteiger charge is -2.16. The maximum Gasteiger partial charge on any atom is 0.343 e. The molecule has 0 saturated carbocycles. The van der Waals surface area contributed by atoms with Crippen molar-refractivity contribution < 1.29 is 38.7 Å². The van der Waals surface area contributed by atoms with Crippen LogP contribution in [-0.4, -0.2) is 58.7 Å². The van der Waals surface area contributed by atoms with Crippen LogP contribution in [0.25, 0.3) is 20.4 Å². The molecule has 8 aromatic rings. The molecule has 0 unspecified atom stereocenters. The number of nitrogens with zero attached hydrogens (tertiary/aromatic N) is 2. The van der Waals surface area contributed by atoms with Gasteiger partial charge in [0.2, 0.25) is 5.75 Å². The number of pyridine rings is 2. The Hall–Kier alpha value is -7.16. The number of esters is 1. The highest BCUT2D eigenvalue weighted by Gasteiger charge is 2.27. The summed E-state index contributed by atoms with van der Waals surface area (Å²) in [5.41, 5.74) is 4.05. The van der Waals surface area contributed by atoms with E-state index in [4.69, 9.17) is 18.9 Å². The zero-order valence-electron chi connectivity index (χ0n) is 37.1. The third-order valence-electron chi connectivity index (χ3n) is 10.8. The van der Waals surface area contributed by atoms with Gasteiger partial charge in [0.15, 0.2) is 5.75 Å². The Morgan fingerprint density at radius 1 is 0.618 bits per heavy atom. The molecule has 4 heterocycles. The second-order valence-corrected chi connectivity index (χ2v) is 17.6. The Bertz CT molecular complexity index is 3060. The van der Waals surface area contributed by atoms with E-state index in [0.717, 1.165) is 50.6 Å². The van der Waals surface area contributed by atoms with Crippen LogP contribution in [0.4, 0.5) is 0 Å². The van der Waals surface area contributed by atoms with Gasteiger partial charge in [-0.25, -0.2) is 9.59 Å². The van der Waals surface area contributed by atoms with Crippen LogP contribution in [0.2, 0.25) is 0 Å². The molecule has 0 atom stereocenters. The first kappa shape index (κ1) is 51.8. The van der Waals surface area contributed by atoms with Gasteiger partial charge >= 0.3 is 11.9 Å².